The van der Waals surface area contributed by atoms with Crippen molar-refractivity contribution in [3.63, 3.8) is 0 Å². The first-order valence-electron chi connectivity index (χ1n) is 9.08. The summed E-state index contributed by atoms with van der Waals surface area (Å²) in [5, 5.41) is 2.78. The minimum atomic E-state index is -0.489. The highest BCUT2D eigenvalue weighted by molar-refractivity contribution is 5.98. The summed E-state index contributed by atoms with van der Waals surface area (Å²) in [7, 11) is 0. The van der Waals surface area contributed by atoms with Crippen molar-refractivity contribution in [2.45, 2.75) is 33.6 Å². The van der Waals surface area contributed by atoms with Crippen LogP contribution in [0.25, 0.3) is 0 Å². The van der Waals surface area contributed by atoms with Crippen LogP contribution in [0.2, 0.25) is 0 Å². The Hall–Kier alpha value is -3.35. The van der Waals surface area contributed by atoms with Crippen molar-refractivity contribution in [1.29, 1.82) is 0 Å². The summed E-state index contributed by atoms with van der Waals surface area (Å²) < 4.78 is 5.39. The van der Waals surface area contributed by atoms with Gasteiger partial charge in [-0.15, -0.1) is 0 Å². The summed E-state index contributed by atoms with van der Waals surface area (Å²) in [5.74, 6) is -0.783. The van der Waals surface area contributed by atoms with Crippen LogP contribution in [0.3, 0.4) is 0 Å². The Morgan fingerprint density at radius 3 is 2.36 bits per heavy atom. The molecule has 2 aromatic carbocycles. The predicted octanol–water partition coefficient (Wildman–Crippen LogP) is 2.88. The number of para-hydroxylation sites is 1. The maximum atomic E-state index is 12.2. The van der Waals surface area contributed by atoms with Crippen molar-refractivity contribution in [1.82, 2.24) is 10.9 Å². The minimum Gasteiger partial charge on any atom is -0.493 e. The van der Waals surface area contributed by atoms with E-state index < -0.39 is 11.8 Å². The average Bonchev–Trinajstić information content (AvgIpc) is 2.67. The quantitative estimate of drug-likeness (QED) is 0.641. The Morgan fingerprint density at radius 2 is 1.64 bits per heavy atom. The molecule has 0 fully saturated rings. The van der Waals surface area contributed by atoms with E-state index in [2.05, 4.69) is 16.2 Å². The number of hydrazine groups is 1. The molecule has 28 heavy (non-hydrogen) atoms. The number of anilines is 1. The second kappa shape index (κ2) is 10.1. The Labute approximate surface area is 164 Å². The smallest absolute Gasteiger partial charge is 0.273 e. The molecule has 0 aromatic heterocycles. The third-order valence-electron chi connectivity index (χ3n) is 3.98. The third kappa shape index (κ3) is 6.12. The molecule has 148 valence electrons. The molecule has 2 aromatic rings. The summed E-state index contributed by atoms with van der Waals surface area (Å²) >= 11 is 0. The highest BCUT2D eigenvalue weighted by atomic mass is 16.5. The zero-order valence-corrected chi connectivity index (χ0v) is 16.3. The van der Waals surface area contributed by atoms with Gasteiger partial charge in [-0.05, 0) is 44.5 Å². The van der Waals surface area contributed by atoms with Gasteiger partial charge in [0.1, 0.15) is 5.75 Å². The molecule has 0 saturated carbocycles. The molecule has 7 nitrogen and oxygen atoms in total. The van der Waals surface area contributed by atoms with Gasteiger partial charge in [-0.3, -0.25) is 25.2 Å². The highest BCUT2D eigenvalue weighted by Crippen LogP contribution is 2.18. The number of carbonyl (C=O) groups excluding carboxylic acids is 3. The Balaban J connectivity index is 1.79. The number of aryl methyl sites for hydroxylation is 2. The van der Waals surface area contributed by atoms with Crippen LogP contribution >= 0.6 is 0 Å². The zero-order valence-electron chi connectivity index (χ0n) is 16.3. The number of benzene rings is 2. The number of ether oxygens (including phenoxy) is 1. The van der Waals surface area contributed by atoms with Gasteiger partial charge in [0.05, 0.1) is 12.2 Å². The molecule has 0 spiro atoms. The van der Waals surface area contributed by atoms with Gasteiger partial charge in [0.2, 0.25) is 11.8 Å². The Bertz CT molecular complexity index is 864. The monoisotopic (exact) mass is 383 g/mol. The van der Waals surface area contributed by atoms with Crippen LogP contribution < -0.4 is 20.9 Å². The van der Waals surface area contributed by atoms with E-state index in [4.69, 9.17) is 4.74 Å². The second-order valence-corrected chi connectivity index (χ2v) is 6.30. The lowest BCUT2D eigenvalue weighted by molar-refractivity contribution is -0.124. The van der Waals surface area contributed by atoms with Crippen molar-refractivity contribution in [2.24, 2.45) is 0 Å². The molecule has 0 aliphatic carbocycles. The number of amides is 3. The molecule has 0 heterocycles. The van der Waals surface area contributed by atoms with Crippen LogP contribution in [0.5, 0.6) is 5.75 Å². The average molecular weight is 383 g/mol. The first-order valence-corrected chi connectivity index (χ1v) is 9.08. The number of rotatable bonds is 7. The van der Waals surface area contributed by atoms with Gasteiger partial charge in [0.25, 0.3) is 5.91 Å². The summed E-state index contributed by atoms with van der Waals surface area (Å²) in [5.41, 5.74) is 7.75. The lowest BCUT2D eigenvalue weighted by Crippen LogP contribution is -2.42. The molecular weight excluding hydrogens is 358 g/mol. The SMILES string of the molecule is CCOc1ccccc1C(=O)NNC(=O)CCC(=O)Nc1ccc(C)cc1C. The fourth-order valence-corrected chi connectivity index (χ4v) is 2.59. The molecule has 0 aliphatic rings. The number of nitrogens with one attached hydrogen (secondary N) is 3. The zero-order chi connectivity index (χ0) is 20.5. The molecule has 0 unspecified atom stereocenters. The topological polar surface area (TPSA) is 96.5 Å². The summed E-state index contributed by atoms with van der Waals surface area (Å²) in [6, 6.07) is 12.5. The van der Waals surface area contributed by atoms with Gasteiger partial charge in [0.15, 0.2) is 0 Å². The van der Waals surface area contributed by atoms with Gasteiger partial charge in [0, 0.05) is 18.5 Å². The lowest BCUT2D eigenvalue weighted by atomic mass is 10.1. The number of hydrogen-bond donors (Lipinski definition) is 3. The largest absolute Gasteiger partial charge is 0.493 e. The van der Waals surface area contributed by atoms with Crippen molar-refractivity contribution in [3.8, 4) is 5.75 Å². The molecule has 3 amide bonds. The first kappa shape index (κ1) is 21.0. The molecular formula is C21H25N3O4. The van der Waals surface area contributed by atoms with E-state index in [0.29, 0.717) is 17.9 Å². The predicted molar refractivity (Wildman–Crippen MR) is 107 cm³/mol. The second-order valence-electron chi connectivity index (χ2n) is 6.30. The molecule has 0 aliphatic heterocycles. The first-order chi connectivity index (χ1) is 13.4. The third-order valence-corrected chi connectivity index (χ3v) is 3.98. The maximum absolute atomic E-state index is 12.2. The summed E-state index contributed by atoms with van der Waals surface area (Å²) in [4.78, 5) is 36.2. The fourth-order valence-electron chi connectivity index (χ4n) is 2.59. The molecule has 0 saturated heterocycles. The Morgan fingerprint density at radius 1 is 0.929 bits per heavy atom. The van der Waals surface area contributed by atoms with E-state index in [-0.39, 0.29) is 18.7 Å². The van der Waals surface area contributed by atoms with E-state index in [0.717, 1.165) is 16.8 Å². The minimum absolute atomic E-state index is 0.00452. The van der Waals surface area contributed by atoms with E-state index >= 15 is 0 Å². The van der Waals surface area contributed by atoms with Crippen LogP contribution in [0.15, 0.2) is 42.5 Å². The fraction of sp³-hybridized carbons (Fsp3) is 0.286. The van der Waals surface area contributed by atoms with Crippen molar-refractivity contribution in [3.05, 3.63) is 59.2 Å². The molecule has 7 heteroatoms. The van der Waals surface area contributed by atoms with Crippen molar-refractivity contribution < 1.29 is 19.1 Å². The number of hydrogen-bond acceptors (Lipinski definition) is 4. The van der Waals surface area contributed by atoms with Crippen LogP contribution in [0, 0.1) is 13.8 Å². The van der Waals surface area contributed by atoms with Crippen molar-refractivity contribution in [2.75, 3.05) is 11.9 Å². The van der Waals surface area contributed by atoms with Gasteiger partial charge < -0.3 is 10.1 Å². The molecule has 3 N–H and O–H groups in total. The molecule has 0 bridgehead atoms. The van der Waals surface area contributed by atoms with Gasteiger partial charge >= 0.3 is 0 Å². The molecule has 0 atom stereocenters. The van der Waals surface area contributed by atoms with Crippen LogP contribution in [-0.2, 0) is 9.59 Å². The number of carbonyl (C=O) groups is 3. The highest BCUT2D eigenvalue weighted by Gasteiger charge is 2.13. The van der Waals surface area contributed by atoms with E-state index in [1.165, 1.54) is 0 Å². The van der Waals surface area contributed by atoms with Crippen LogP contribution in [0.1, 0.15) is 41.3 Å². The van der Waals surface area contributed by atoms with Crippen LogP contribution in [0.4, 0.5) is 5.69 Å². The normalized spacial score (nSPS) is 10.1. The van der Waals surface area contributed by atoms with E-state index in [1.54, 1.807) is 24.3 Å². The van der Waals surface area contributed by atoms with Crippen molar-refractivity contribution >= 4 is 23.4 Å². The summed E-state index contributed by atoms with van der Waals surface area (Å²) in [6.45, 7) is 6.13. The maximum Gasteiger partial charge on any atom is 0.273 e. The summed E-state index contributed by atoms with van der Waals surface area (Å²) in [6.07, 6.45) is -0.0469. The Kier molecular flexibility index (Phi) is 7.56. The van der Waals surface area contributed by atoms with Gasteiger partial charge in [-0.1, -0.05) is 29.8 Å². The van der Waals surface area contributed by atoms with Gasteiger partial charge in [-0.2, -0.15) is 0 Å². The molecule has 2 rings (SSSR count). The lowest BCUT2D eigenvalue weighted by Gasteiger charge is -2.11. The van der Waals surface area contributed by atoms with Crippen LogP contribution in [-0.4, -0.2) is 24.3 Å². The van der Waals surface area contributed by atoms with E-state index in [9.17, 15) is 14.4 Å². The standard InChI is InChI=1S/C21H25N3O4/c1-4-28-18-8-6-5-7-16(18)21(27)24-23-20(26)12-11-19(25)22-17-10-9-14(2)13-15(17)3/h5-10,13H,4,11-12H2,1-3H3,(H,22,25)(H,23,26)(H,24,27). The van der Waals surface area contributed by atoms with E-state index in [1.807, 2.05) is 39.0 Å². The molecule has 0 radical (unpaired) electrons. The van der Waals surface area contributed by atoms with Gasteiger partial charge in [-0.25, -0.2) is 0 Å².